The Balaban J connectivity index is 2.44. The number of hydrogen-bond donors (Lipinski definition) is 2. The van der Waals surface area contributed by atoms with E-state index in [4.69, 9.17) is 22.1 Å². The van der Waals surface area contributed by atoms with E-state index < -0.39 is 17.9 Å². The Bertz CT molecular complexity index is 520. The molecule has 1 saturated heterocycles. The number of ether oxygens (including phenoxy) is 1. The van der Waals surface area contributed by atoms with Gasteiger partial charge < -0.3 is 20.5 Å². The quantitative estimate of drug-likeness (QED) is 0.853. The number of amides is 1. The van der Waals surface area contributed by atoms with Gasteiger partial charge in [0, 0.05) is 11.6 Å². The van der Waals surface area contributed by atoms with Gasteiger partial charge in [-0.25, -0.2) is 4.79 Å². The monoisotopic (exact) mass is 284 g/mol. The van der Waals surface area contributed by atoms with Crippen LogP contribution in [0.3, 0.4) is 0 Å². The average molecular weight is 285 g/mol. The molecule has 7 heteroatoms. The molecule has 1 aliphatic heterocycles. The van der Waals surface area contributed by atoms with Gasteiger partial charge >= 0.3 is 5.97 Å². The molecule has 2 rings (SSSR count). The smallest absolute Gasteiger partial charge is 0.337 e. The lowest BCUT2D eigenvalue weighted by molar-refractivity contribution is -0.121. The van der Waals surface area contributed by atoms with Crippen LogP contribution in [0.1, 0.15) is 10.4 Å². The van der Waals surface area contributed by atoms with E-state index in [1.165, 1.54) is 6.07 Å². The molecule has 1 atom stereocenters. The molecule has 0 aromatic heterocycles. The number of halogens is 1. The zero-order valence-corrected chi connectivity index (χ0v) is 10.8. The van der Waals surface area contributed by atoms with Gasteiger partial charge in [0.05, 0.1) is 24.5 Å². The summed E-state index contributed by atoms with van der Waals surface area (Å²) in [5, 5.41) is 9.54. The van der Waals surface area contributed by atoms with E-state index in [1.54, 1.807) is 17.0 Å². The molecule has 1 aromatic rings. The van der Waals surface area contributed by atoms with Crippen molar-refractivity contribution in [2.24, 2.45) is 5.73 Å². The molecule has 1 aromatic carbocycles. The van der Waals surface area contributed by atoms with E-state index in [0.717, 1.165) is 0 Å². The van der Waals surface area contributed by atoms with Crippen molar-refractivity contribution in [1.82, 2.24) is 0 Å². The molecule has 1 aliphatic rings. The number of hydrogen-bond acceptors (Lipinski definition) is 4. The number of benzene rings is 1. The zero-order valence-electron chi connectivity index (χ0n) is 10.0. The van der Waals surface area contributed by atoms with Crippen molar-refractivity contribution in [2.75, 3.05) is 24.7 Å². The van der Waals surface area contributed by atoms with Gasteiger partial charge in [-0.05, 0) is 18.2 Å². The average Bonchev–Trinajstić information content (AvgIpc) is 2.38. The number of carbonyl (C=O) groups excluding carboxylic acids is 1. The van der Waals surface area contributed by atoms with Crippen molar-refractivity contribution in [3.05, 3.63) is 28.8 Å². The fourth-order valence-electron chi connectivity index (χ4n) is 2.06. The lowest BCUT2D eigenvalue weighted by atomic mass is 10.1. The number of carboxylic acids is 1. The summed E-state index contributed by atoms with van der Waals surface area (Å²) in [6.45, 7) is 0.956. The Kier molecular flexibility index (Phi) is 3.92. The van der Waals surface area contributed by atoms with E-state index in [-0.39, 0.29) is 12.2 Å². The normalized spacial score (nSPS) is 19.2. The number of morpholine rings is 1. The lowest BCUT2D eigenvalue weighted by Crippen LogP contribution is -2.53. The second-order valence-corrected chi connectivity index (χ2v) is 4.59. The van der Waals surface area contributed by atoms with Crippen LogP contribution in [-0.4, -0.2) is 42.8 Å². The first kappa shape index (κ1) is 13.6. The van der Waals surface area contributed by atoms with Gasteiger partial charge in [-0.15, -0.1) is 0 Å². The largest absolute Gasteiger partial charge is 0.478 e. The predicted molar refractivity (Wildman–Crippen MR) is 69.6 cm³/mol. The van der Waals surface area contributed by atoms with Crippen molar-refractivity contribution < 1.29 is 19.4 Å². The molecule has 1 heterocycles. The highest BCUT2D eigenvalue weighted by Gasteiger charge is 2.30. The third-order valence-corrected chi connectivity index (χ3v) is 3.19. The van der Waals surface area contributed by atoms with Crippen LogP contribution in [-0.2, 0) is 9.53 Å². The summed E-state index contributed by atoms with van der Waals surface area (Å²) < 4.78 is 5.20. The Morgan fingerprint density at radius 3 is 2.84 bits per heavy atom. The van der Waals surface area contributed by atoms with Crippen LogP contribution < -0.4 is 10.6 Å². The summed E-state index contributed by atoms with van der Waals surface area (Å²) in [7, 11) is 0. The van der Waals surface area contributed by atoms with Gasteiger partial charge in [-0.2, -0.15) is 0 Å². The fourth-order valence-corrected chi connectivity index (χ4v) is 2.23. The highest BCUT2D eigenvalue weighted by molar-refractivity contribution is 6.31. The van der Waals surface area contributed by atoms with E-state index in [2.05, 4.69) is 0 Å². The van der Waals surface area contributed by atoms with Crippen molar-refractivity contribution in [3.63, 3.8) is 0 Å². The summed E-state index contributed by atoms with van der Waals surface area (Å²) in [5.74, 6) is -1.65. The van der Waals surface area contributed by atoms with E-state index in [0.29, 0.717) is 23.9 Å². The highest BCUT2D eigenvalue weighted by Crippen LogP contribution is 2.27. The minimum atomic E-state index is -1.10. The molecule has 1 fully saturated rings. The van der Waals surface area contributed by atoms with Gasteiger partial charge in [-0.3, -0.25) is 4.79 Å². The molecule has 1 amide bonds. The second kappa shape index (κ2) is 5.46. The Hall–Kier alpha value is -1.79. The molecule has 102 valence electrons. The Morgan fingerprint density at radius 2 is 2.21 bits per heavy atom. The van der Waals surface area contributed by atoms with Crippen LogP contribution >= 0.6 is 11.6 Å². The van der Waals surface area contributed by atoms with E-state index in [9.17, 15) is 14.7 Å². The maximum atomic E-state index is 11.4. The van der Waals surface area contributed by atoms with E-state index >= 15 is 0 Å². The molecule has 0 radical (unpaired) electrons. The molecular weight excluding hydrogens is 272 g/mol. The molecule has 0 spiro atoms. The van der Waals surface area contributed by atoms with Crippen LogP contribution in [0.4, 0.5) is 5.69 Å². The van der Waals surface area contributed by atoms with E-state index in [1.807, 2.05) is 0 Å². The molecular formula is C12H13ClN2O4. The predicted octanol–water partition coefficient (Wildman–Crippen LogP) is 0.729. The topological polar surface area (TPSA) is 92.9 Å². The number of aromatic carboxylic acids is 1. The van der Waals surface area contributed by atoms with Crippen LogP contribution in [0.2, 0.25) is 5.02 Å². The van der Waals surface area contributed by atoms with Gasteiger partial charge in [0.2, 0.25) is 5.91 Å². The van der Waals surface area contributed by atoms with Crippen molar-refractivity contribution in [2.45, 2.75) is 6.04 Å². The van der Waals surface area contributed by atoms with Gasteiger partial charge in [0.1, 0.15) is 6.04 Å². The molecule has 3 N–H and O–H groups in total. The minimum Gasteiger partial charge on any atom is -0.478 e. The number of carboxylic acid groups (broad SMARTS) is 1. The molecule has 0 saturated carbocycles. The third-order valence-electron chi connectivity index (χ3n) is 2.96. The first-order valence-electron chi connectivity index (χ1n) is 5.67. The maximum Gasteiger partial charge on any atom is 0.337 e. The number of rotatable bonds is 3. The van der Waals surface area contributed by atoms with Gasteiger partial charge in [-0.1, -0.05) is 11.6 Å². The standard InChI is InChI=1S/C12H13ClN2O4/c13-7-1-2-9(8(5-7)12(17)18)15-3-4-19-6-10(15)11(14)16/h1-2,5,10H,3-4,6H2,(H2,14,16)(H,17,18). The molecule has 0 bridgehead atoms. The summed E-state index contributed by atoms with van der Waals surface area (Å²) in [5.41, 5.74) is 5.78. The van der Waals surface area contributed by atoms with Crippen molar-refractivity contribution >= 4 is 29.2 Å². The summed E-state index contributed by atoms with van der Waals surface area (Å²) >= 11 is 5.80. The fraction of sp³-hybridized carbons (Fsp3) is 0.333. The van der Waals surface area contributed by atoms with Crippen molar-refractivity contribution in [1.29, 1.82) is 0 Å². The Morgan fingerprint density at radius 1 is 1.47 bits per heavy atom. The molecule has 1 unspecified atom stereocenters. The van der Waals surface area contributed by atoms with Crippen LogP contribution in [0.5, 0.6) is 0 Å². The number of carbonyl (C=O) groups is 2. The van der Waals surface area contributed by atoms with Crippen LogP contribution in [0.15, 0.2) is 18.2 Å². The second-order valence-electron chi connectivity index (χ2n) is 4.15. The summed E-state index contributed by atoms with van der Waals surface area (Å²) in [6, 6.07) is 3.84. The van der Waals surface area contributed by atoms with Gasteiger partial charge in [0.15, 0.2) is 0 Å². The van der Waals surface area contributed by atoms with Gasteiger partial charge in [0.25, 0.3) is 0 Å². The first-order chi connectivity index (χ1) is 9.00. The zero-order chi connectivity index (χ0) is 14.0. The first-order valence-corrected chi connectivity index (χ1v) is 6.05. The highest BCUT2D eigenvalue weighted by atomic mass is 35.5. The lowest BCUT2D eigenvalue weighted by Gasteiger charge is -2.36. The summed E-state index contributed by atoms with van der Waals surface area (Å²) in [6.07, 6.45) is 0. The Labute approximate surface area is 114 Å². The molecule has 0 aliphatic carbocycles. The summed E-state index contributed by atoms with van der Waals surface area (Å²) in [4.78, 5) is 24.3. The SMILES string of the molecule is NC(=O)C1COCCN1c1ccc(Cl)cc1C(=O)O. The third kappa shape index (κ3) is 2.80. The molecule has 19 heavy (non-hydrogen) atoms. The number of nitrogens with two attached hydrogens (primary N) is 1. The number of anilines is 1. The maximum absolute atomic E-state index is 11.4. The number of nitrogens with zero attached hydrogens (tertiary/aromatic N) is 1. The van der Waals surface area contributed by atoms with Crippen LogP contribution in [0, 0.1) is 0 Å². The minimum absolute atomic E-state index is 0.0423. The van der Waals surface area contributed by atoms with Crippen molar-refractivity contribution in [3.8, 4) is 0 Å². The number of primary amides is 1. The van der Waals surface area contributed by atoms with Crippen LogP contribution in [0.25, 0.3) is 0 Å². The molecule has 6 nitrogen and oxygen atoms in total.